The normalized spacial score (nSPS) is 16.0. The highest BCUT2D eigenvalue weighted by Crippen LogP contribution is 2.28. The molecule has 0 aliphatic carbocycles. The van der Waals surface area contributed by atoms with E-state index in [4.69, 9.17) is 10.3 Å². The first-order chi connectivity index (χ1) is 10.1. The van der Waals surface area contributed by atoms with E-state index in [0.717, 1.165) is 35.5 Å². The molecule has 0 amide bonds. The Kier molecular flexibility index (Phi) is 3.82. The Morgan fingerprint density at radius 3 is 2.52 bits per heavy atom. The first-order valence-electron chi connectivity index (χ1n) is 7.61. The number of aryl methyl sites for hydroxylation is 1. The third-order valence-corrected chi connectivity index (χ3v) is 4.22. The summed E-state index contributed by atoms with van der Waals surface area (Å²) in [7, 11) is 0. The van der Waals surface area contributed by atoms with E-state index in [-0.39, 0.29) is 0 Å². The van der Waals surface area contributed by atoms with E-state index in [2.05, 4.69) is 22.0 Å². The molecule has 1 saturated heterocycles. The fourth-order valence-corrected chi connectivity index (χ4v) is 2.83. The minimum atomic E-state index is 0.558. The summed E-state index contributed by atoms with van der Waals surface area (Å²) in [4.78, 5) is 6.80. The molecule has 1 aliphatic heterocycles. The molecule has 2 aromatic rings. The van der Waals surface area contributed by atoms with Gasteiger partial charge in [-0.1, -0.05) is 12.8 Å². The van der Waals surface area contributed by atoms with Crippen LogP contribution in [0.1, 0.15) is 36.8 Å². The quantitative estimate of drug-likeness (QED) is 0.858. The van der Waals surface area contributed by atoms with Crippen LogP contribution in [0.3, 0.4) is 0 Å². The highest BCUT2D eigenvalue weighted by molar-refractivity contribution is 5.67. The second-order valence-electron chi connectivity index (χ2n) is 5.81. The van der Waals surface area contributed by atoms with Crippen LogP contribution >= 0.6 is 0 Å². The van der Waals surface area contributed by atoms with E-state index in [1.54, 1.807) is 0 Å². The first-order valence-corrected chi connectivity index (χ1v) is 7.61. The second kappa shape index (κ2) is 5.76. The Balaban J connectivity index is 1.91. The highest BCUT2D eigenvalue weighted by Gasteiger charge is 2.18. The molecule has 0 bridgehead atoms. The molecule has 5 heteroatoms. The van der Waals surface area contributed by atoms with E-state index >= 15 is 0 Å². The summed E-state index contributed by atoms with van der Waals surface area (Å²) in [6.45, 7) is 6.11. The van der Waals surface area contributed by atoms with E-state index in [9.17, 15) is 0 Å². The zero-order chi connectivity index (χ0) is 14.8. The molecule has 1 aliphatic rings. The lowest BCUT2D eigenvalue weighted by atomic mass is 10.0. The summed E-state index contributed by atoms with van der Waals surface area (Å²) < 4.78 is 5.48. The average molecular weight is 286 g/mol. The van der Waals surface area contributed by atoms with Gasteiger partial charge in [0.05, 0.1) is 0 Å². The lowest BCUT2D eigenvalue weighted by molar-refractivity contribution is 0.429. The maximum Gasteiger partial charge on any atom is 0.266 e. The predicted octanol–water partition coefficient (Wildman–Crippen LogP) is 3.32. The standard InChI is InChI=1S/C16H22N4O/c1-11-9-13(17)10-14(12(11)2)15-18-16(19-21-15)20-7-5-3-4-6-8-20/h9-10H,3-8,17H2,1-2H3. The van der Waals surface area contributed by atoms with Crippen molar-refractivity contribution in [3.8, 4) is 11.5 Å². The molecule has 0 radical (unpaired) electrons. The van der Waals surface area contributed by atoms with Crippen molar-refractivity contribution in [3.05, 3.63) is 23.3 Å². The molecule has 2 N–H and O–H groups in total. The zero-order valence-corrected chi connectivity index (χ0v) is 12.7. The number of rotatable bonds is 2. The summed E-state index contributed by atoms with van der Waals surface area (Å²) in [5.41, 5.74) is 9.86. The van der Waals surface area contributed by atoms with Gasteiger partial charge in [0.1, 0.15) is 0 Å². The van der Waals surface area contributed by atoms with E-state index in [0.29, 0.717) is 11.8 Å². The van der Waals surface area contributed by atoms with Crippen LogP contribution in [0.2, 0.25) is 0 Å². The lowest BCUT2D eigenvalue weighted by Gasteiger charge is -2.16. The zero-order valence-electron chi connectivity index (χ0n) is 12.7. The summed E-state index contributed by atoms with van der Waals surface area (Å²) in [5, 5.41) is 4.16. The Morgan fingerprint density at radius 2 is 1.81 bits per heavy atom. The summed E-state index contributed by atoms with van der Waals surface area (Å²) in [6, 6.07) is 3.87. The van der Waals surface area contributed by atoms with Crippen LogP contribution in [0, 0.1) is 13.8 Å². The largest absolute Gasteiger partial charge is 0.399 e. The molecular weight excluding hydrogens is 264 g/mol. The van der Waals surface area contributed by atoms with Gasteiger partial charge in [0.15, 0.2) is 0 Å². The van der Waals surface area contributed by atoms with Crippen molar-refractivity contribution in [1.29, 1.82) is 0 Å². The number of nitrogen functional groups attached to an aromatic ring is 1. The van der Waals surface area contributed by atoms with Gasteiger partial charge in [0.2, 0.25) is 0 Å². The van der Waals surface area contributed by atoms with Crippen LogP contribution in [0.5, 0.6) is 0 Å². The molecular formula is C16H22N4O. The van der Waals surface area contributed by atoms with Gasteiger partial charge in [0.25, 0.3) is 11.8 Å². The molecule has 0 saturated carbocycles. The number of benzene rings is 1. The molecule has 112 valence electrons. The van der Waals surface area contributed by atoms with Crippen molar-refractivity contribution in [2.24, 2.45) is 0 Å². The van der Waals surface area contributed by atoms with Crippen molar-refractivity contribution < 1.29 is 4.52 Å². The number of nitrogens with zero attached hydrogens (tertiary/aromatic N) is 3. The van der Waals surface area contributed by atoms with Gasteiger partial charge in [-0.3, -0.25) is 0 Å². The number of hydrogen-bond donors (Lipinski definition) is 1. The maximum atomic E-state index is 5.94. The SMILES string of the molecule is Cc1cc(N)cc(-c2nc(N3CCCCCC3)no2)c1C. The third-order valence-electron chi connectivity index (χ3n) is 4.22. The summed E-state index contributed by atoms with van der Waals surface area (Å²) in [5.74, 6) is 1.26. The topological polar surface area (TPSA) is 68.2 Å². The Labute approximate surface area is 125 Å². The van der Waals surface area contributed by atoms with E-state index in [1.807, 2.05) is 19.1 Å². The predicted molar refractivity (Wildman–Crippen MR) is 84.3 cm³/mol. The summed E-state index contributed by atoms with van der Waals surface area (Å²) in [6.07, 6.45) is 4.96. The van der Waals surface area contributed by atoms with Gasteiger partial charge in [-0.15, -0.1) is 0 Å². The van der Waals surface area contributed by atoms with Gasteiger partial charge in [-0.05, 0) is 55.1 Å². The van der Waals surface area contributed by atoms with Crippen LogP contribution in [-0.4, -0.2) is 23.2 Å². The minimum absolute atomic E-state index is 0.558. The molecule has 0 spiro atoms. The van der Waals surface area contributed by atoms with Gasteiger partial charge in [0, 0.05) is 24.3 Å². The highest BCUT2D eigenvalue weighted by atomic mass is 16.5. The first kappa shape index (κ1) is 13.9. The molecule has 0 atom stereocenters. The van der Waals surface area contributed by atoms with Gasteiger partial charge < -0.3 is 15.2 Å². The molecule has 1 aromatic heterocycles. The van der Waals surface area contributed by atoms with Crippen LogP contribution in [0.25, 0.3) is 11.5 Å². The van der Waals surface area contributed by atoms with Crippen molar-refractivity contribution in [1.82, 2.24) is 10.1 Å². The molecule has 1 aromatic carbocycles. The molecule has 3 rings (SSSR count). The van der Waals surface area contributed by atoms with Crippen molar-refractivity contribution in [2.75, 3.05) is 23.7 Å². The Morgan fingerprint density at radius 1 is 1.10 bits per heavy atom. The number of hydrogen-bond acceptors (Lipinski definition) is 5. The van der Waals surface area contributed by atoms with Crippen molar-refractivity contribution in [3.63, 3.8) is 0 Å². The maximum absolute atomic E-state index is 5.94. The second-order valence-corrected chi connectivity index (χ2v) is 5.81. The monoisotopic (exact) mass is 286 g/mol. The Bertz CT molecular complexity index is 627. The average Bonchev–Trinajstić information content (AvgIpc) is 2.78. The lowest BCUT2D eigenvalue weighted by Crippen LogP contribution is -2.24. The van der Waals surface area contributed by atoms with Crippen molar-refractivity contribution >= 4 is 11.6 Å². The molecule has 2 heterocycles. The third kappa shape index (κ3) is 2.86. The fraction of sp³-hybridized carbons (Fsp3) is 0.500. The Hall–Kier alpha value is -2.04. The van der Waals surface area contributed by atoms with Gasteiger partial charge >= 0.3 is 0 Å². The van der Waals surface area contributed by atoms with Crippen LogP contribution in [-0.2, 0) is 0 Å². The number of anilines is 2. The number of nitrogens with two attached hydrogens (primary N) is 1. The fourth-order valence-electron chi connectivity index (χ4n) is 2.83. The molecule has 1 fully saturated rings. The summed E-state index contributed by atoms with van der Waals surface area (Å²) >= 11 is 0. The van der Waals surface area contributed by atoms with Crippen LogP contribution in [0.15, 0.2) is 16.7 Å². The number of aromatic nitrogens is 2. The van der Waals surface area contributed by atoms with Crippen LogP contribution < -0.4 is 10.6 Å². The van der Waals surface area contributed by atoms with E-state index in [1.165, 1.54) is 25.7 Å². The molecule has 0 unspecified atom stereocenters. The minimum Gasteiger partial charge on any atom is -0.399 e. The van der Waals surface area contributed by atoms with Gasteiger partial charge in [-0.25, -0.2) is 0 Å². The molecule has 5 nitrogen and oxygen atoms in total. The smallest absolute Gasteiger partial charge is 0.266 e. The van der Waals surface area contributed by atoms with E-state index < -0.39 is 0 Å². The van der Waals surface area contributed by atoms with Gasteiger partial charge in [-0.2, -0.15) is 4.98 Å². The van der Waals surface area contributed by atoms with Crippen molar-refractivity contribution in [2.45, 2.75) is 39.5 Å². The van der Waals surface area contributed by atoms with Crippen LogP contribution in [0.4, 0.5) is 11.6 Å². The molecule has 21 heavy (non-hydrogen) atoms.